The van der Waals surface area contributed by atoms with Gasteiger partial charge < -0.3 is 44.8 Å². The van der Waals surface area contributed by atoms with Crippen LogP contribution in [0.1, 0.15) is 0 Å². The van der Waals surface area contributed by atoms with Crippen LogP contribution in [0.25, 0.3) is 11.2 Å². The fraction of sp³-hybridized carbons (Fsp3) is 0.500. The molecule has 3 heterocycles. The standard InChI is InChI=1S/C10H14N5O8P.2Na/c11-9-14-7-5(12-2-13-7)8(18)15(9)10(23-3-24(19,20)21)6(17)4(16)1-22-10;;/h2,4,6,16-17H,1,3H2,(H2,11,14)(H,12,13)(H2,19,20,21);;/q;2*+1/p-2/t4-,6-,10+;;/m1../s1. The number of nitrogens with one attached hydrogen (secondary N) is 1. The smallest absolute Gasteiger partial charge is 0.809 e. The van der Waals surface area contributed by atoms with Gasteiger partial charge in [-0.15, -0.1) is 0 Å². The molecule has 2 aromatic rings. The van der Waals surface area contributed by atoms with Crippen molar-refractivity contribution in [3.05, 3.63) is 16.7 Å². The van der Waals surface area contributed by atoms with E-state index in [0.717, 1.165) is 0 Å². The number of ether oxygens (including phenoxy) is 2. The molecule has 1 saturated heterocycles. The van der Waals surface area contributed by atoms with Crippen LogP contribution in [0.15, 0.2) is 11.1 Å². The van der Waals surface area contributed by atoms with E-state index in [-0.39, 0.29) is 70.3 Å². The summed E-state index contributed by atoms with van der Waals surface area (Å²) in [4.78, 5) is 44.4. The largest absolute Gasteiger partial charge is 1.00 e. The third-order valence-corrected chi connectivity index (χ3v) is 3.87. The van der Waals surface area contributed by atoms with E-state index in [1.54, 1.807) is 0 Å². The molecule has 1 aliphatic rings. The van der Waals surface area contributed by atoms with Crippen LogP contribution >= 0.6 is 7.60 Å². The molecule has 1 aliphatic heterocycles. The third-order valence-electron chi connectivity index (χ3n) is 3.43. The summed E-state index contributed by atoms with van der Waals surface area (Å²) in [5.41, 5.74) is 4.61. The monoisotopic (exact) mass is 407 g/mol. The molecule has 0 spiro atoms. The van der Waals surface area contributed by atoms with Crippen molar-refractivity contribution in [2.24, 2.45) is 0 Å². The van der Waals surface area contributed by atoms with Crippen LogP contribution in [-0.4, -0.2) is 54.9 Å². The minimum Gasteiger partial charge on any atom is -0.809 e. The van der Waals surface area contributed by atoms with Crippen LogP contribution in [-0.2, 0) is 19.9 Å². The first kappa shape index (κ1) is 24.2. The number of aliphatic hydroxyl groups is 2. The van der Waals surface area contributed by atoms with Crippen molar-refractivity contribution in [1.82, 2.24) is 19.5 Å². The molecule has 13 nitrogen and oxygen atoms in total. The van der Waals surface area contributed by atoms with Gasteiger partial charge in [-0.2, -0.15) is 4.98 Å². The van der Waals surface area contributed by atoms with Crippen molar-refractivity contribution in [3.63, 3.8) is 0 Å². The van der Waals surface area contributed by atoms with E-state index in [0.29, 0.717) is 4.57 Å². The summed E-state index contributed by atoms with van der Waals surface area (Å²) >= 11 is 0. The van der Waals surface area contributed by atoms with Crippen molar-refractivity contribution in [1.29, 1.82) is 0 Å². The molecule has 0 bridgehead atoms. The van der Waals surface area contributed by atoms with E-state index >= 15 is 0 Å². The van der Waals surface area contributed by atoms with Gasteiger partial charge in [-0.1, -0.05) is 0 Å². The van der Waals surface area contributed by atoms with E-state index in [1.807, 2.05) is 0 Å². The van der Waals surface area contributed by atoms with Gasteiger partial charge in [0.2, 0.25) is 5.95 Å². The normalized spacial score (nSPS) is 25.7. The molecular weight excluding hydrogens is 395 g/mol. The summed E-state index contributed by atoms with van der Waals surface area (Å²) in [5.74, 6) is -3.06. The number of anilines is 1. The number of fused-ring (bicyclic) bond motifs is 1. The second-order valence-electron chi connectivity index (χ2n) is 5.05. The molecule has 3 atom stereocenters. The molecule has 0 saturated carbocycles. The molecule has 2 aromatic heterocycles. The van der Waals surface area contributed by atoms with E-state index < -0.39 is 50.2 Å². The number of H-pyrrole nitrogens is 1. The number of aliphatic hydroxyl groups excluding tert-OH is 2. The van der Waals surface area contributed by atoms with Crippen LogP contribution < -0.4 is 80.2 Å². The molecule has 1 fully saturated rings. The fourth-order valence-electron chi connectivity index (χ4n) is 2.39. The Morgan fingerprint density at radius 3 is 2.69 bits per heavy atom. The molecular formula is C10H12N5Na2O8P. The van der Waals surface area contributed by atoms with E-state index in [1.165, 1.54) is 6.33 Å². The Hall–Kier alpha value is 0.140. The second kappa shape index (κ2) is 8.66. The maximum atomic E-state index is 12.6. The van der Waals surface area contributed by atoms with Crippen molar-refractivity contribution < 1.29 is 93.2 Å². The molecule has 3 rings (SSSR count). The van der Waals surface area contributed by atoms with E-state index in [9.17, 15) is 29.4 Å². The van der Waals surface area contributed by atoms with Gasteiger partial charge in [0.25, 0.3) is 11.5 Å². The number of imidazole rings is 1. The molecule has 0 unspecified atom stereocenters. The molecule has 0 aromatic carbocycles. The van der Waals surface area contributed by atoms with Gasteiger partial charge >= 0.3 is 59.1 Å². The third kappa shape index (κ3) is 4.25. The van der Waals surface area contributed by atoms with Crippen molar-refractivity contribution in [3.8, 4) is 0 Å². The van der Waals surface area contributed by atoms with Crippen molar-refractivity contribution in [2.75, 3.05) is 18.7 Å². The Morgan fingerprint density at radius 2 is 2.15 bits per heavy atom. The van der Waals surface area contributed by atoms with Gasteiger partial charge in [0.05, 0.1) is 19.3 Å². The van der Waals surface area contributed by atoms with E-state index in [4.69, 9.17) is 15.2 Å². The van der Waals surface area contributed by atoms with Gasteiger partial charge in [0, 0.05) is 0 Å². The predicted octanol–water partition coefficient (Wildman–Crippen LogP) is -10.0. The van der Waals surface area contributed by atoms with E-state index in [2.05, 4.69) is 15.0 Å². The summed E-state index contributed by atoms with van der Waals surface area (Å²) in [7, 11) is -5.19. The Balaban J connectivity index is 0.00000169. The zero-order valence-corrected chi connectivity index (χ0v) is 18.8. The van der Waals surface area contributed by atoms with Crippen LogP contribution in [0.3, 0.4) is 0 Å². The Labute approximate surface area is 189 Å². The minimum absolute atomic E-state index is 0. The average molecular weight is 407 g/mol. The molecule has 0 aliphatic carbocycles. The molecule has 0 amide bonds. The van der Waals surface area contributed by atoms with Crippen LogP contribution in [0.5, 0.6) is 0 Å². The number of aromatic nitrogens is 4. The average Bonchev–Trinajstić information content (AvgIpc) is 3.05. The zero-order valence-electron chi connectivity index (χ0n) is 13.9. The number of nitrogen functional groups attached to an aromatic ring is 1. The van der Waals surface area contributed by atoms with Crippen LogP contribution in [0.2, 0.25) is 0 Å². The van der Waals surface area contributed by atoms with Crippen LogP contribution in [0, 0.1) is 0 Å². The van der Waals surface area contributed by atoms with Gasteiger partial charge in [-0.25, -0.2) is 9.55 Å². The van der Waals surface area contributed by atoms with Crippen molar-refractivity contribution in [2.45, 2.75) is 18.1 Å². The first-order chi connectivity index (χ1) is 11.2. The molecule has 132 valence electrons. The van der Waals surface area contributed by atoms with Gasteiger partial charge in [-0.3, -0.25) is 4.79 Å². The molecule has 0 radical (unpaired) electrons. The number of hydrogen-bond donors (Lipinski definition) is 4. The van der Waals surface area contributed by atoms with Gasteiger partial charge in [-0.05, 0) is 7.60 Å². The maximum absolute atomic E-state index is 12.6. The summed E-state index contributed by atoms with van der Waals surface area (Å²) < 4.78 is 21.4. The second-order valence-corrected chi connectivity index (χ2v) is 6.53. The first-order valence-corrected chi connectivity index (χ1v) is 8.26. The summed E-state index contributed by atoms with van der Waals surface area (Å²) in [6.45, 7) is -0.504. The van der Waals surface area contributed by atoms with Gasteiger partial charge in [0.15, 0.2) is 17.3 Å². The number of rotatable bonds is 4. The van der Waals surface area contributed by atoms with Crippen LogP contribution in [0.4, 0.5) is 5.95 Å². The number of aromatic amines is 1. The number of nitrogens with zero attached hydrogens (tertiary/aromatic N) is 3. The Bertz CT molecular complexity index is 886. The minimum atomic E-state index is -5.19. The summed E-state index contributed by atoms with van der Waals surface area (Å²) in [6.07, 6.45) is -3.68. The molecule has 26 heavy (non-hydrogen) atoms. The zero-order chi connectivity index (χ0) is 17.7. The van der Waals surface area contributed by atoms with Gasteiger partial charge in [0.1, 0.15) is 6.10 Å². The maximum Gasteiger partial charge on any atom is 1.00 e. The Kier molecular flexibility index (Phi) is 8.05. The first-order valence-electron chi connectivity index (χ1n) is 6.53. The quantitative estimate of drug-likeness (QED) is 0.276. The number of nitrogens with two attached hydrogens (primary N) is 1. The Morgan fingerprint density at radius 1 is 1.50 bits per heavy atom. The summed E-state index contributed by atoms with van der Waals surface area (Å²) in [5, 5.41) is 19.9. The molecule has 16 heteroatoms. The topological polar surface area (TPSA) is 212 Å². The predicted molar refractivity (Wildman–Crippen MR) is 72.1 cm³/mol. The number of hydrogen-bond acceptors (Lipinski definition) is 11. The molecule has 5 N–H and O–H groups in total. The SMILES string of the molecule is Nc1nc2nc[nH]c2c(=O)n1[C@]1(OCP(=O)([O-])[O-])OC[C@@H](O)[C@H]1O.[Na+].[Na+]. The summed E-state index contributed by atoms with van der Waals surface area (Å²) in [6, 6.07) is 0. The fourth-order valence-corrected chi connectivity index (χ4v) is 2.73. The van der Waals surface area contributed by atoms with Crippen molar-refractivity contribution >= 4 is 24.7 Å².